The second kappa shape index (κ2) is 9.10. The van der Waals surface area contributed by atoms with Gasteiger partial charge in [-0.05, 0) is 43.3 Å². The predicted octanol–water partition coefficient (Wildman–Crippen LogP) is 2.96. The van der Waals surface area contributed by atoms with Crippen LogP contribution in [-0.4, -0.2) is 32.6 Å². The molecule has 0 radical (unpaired) electrons. The molecule has 0 fully saturated rings. The molecular formula is C19H21ClN2O4. The molecule has 0 bridgehead atoms. The number of amides is 2. The molecule has 0 spiro atoms. The predicted molar refractivity (Wildman–Crippen MR) is 99.9 cm³/mol. The third kappa shape index (κ3) is 5.13. The Morgan fingerprint density at radius 2 is 1.88 bits per heavy atom. The molecule has 0 aliphatic heterocycles. The molecule has 0 aliphatic carbocycles. The maximum atomic E-state index is 12.2. The van der Waals surface area contributed by atoms with E-state index in [1.807, 2.05) is 6.92 Å². The van der Waals surface area contributed by atoms with Crippen LogP contribution in [0, 0.1) is 0 Å². The van der Waals surface area contributed by atoms with Crippen LogP contribution in [-0.2, 0) is 4.79 Å². The molecule has 2 rings (SSSR count). The van der Waals surface area contributed by atoms with Crippen molar-refractivity contribution in [3.63, 3.8) is 0 Å². The first-order chi connectivity index (χ1) is 12.4. The fourth-order valence-corrected chi connectivity index (χ4v) is 2.63. The Kier molecular flexibility index (Phi) is 6.86. The Hall–Kier alpha value is -2.73. The van der Waals surface area contributed by atoms with Crippen LogP contribution >= 0.6 is 11.6 Å². The highest BCUT2D eigenvalue weighted by atomic mass is 35.5. The molecule has 2 N–H and O–H groups in total. The standard InChI is InChI=1S/C19H21ClN2O4/c1-12(16-10-15(25-2)7-8-17(16)26-3)22-18(23)11-21-19(24)13-5-4-6-14(20)9-13/h4-10,12H,11H2,1-3H3,(H,21,24)(H,22,23)/t12-/m0/s1. The number of benzene rings is 2. The van der Waals surface area contributed by atoms with Gasteiger partial charge in [-0.2, -0.15) is 0 Å². The van der Waals surface area contributed by atoms with E-state index in [2.05, 4.69) is 10.6 Å². The highest BCUT2D eigenvalue weighted by molar-refractivity contribution is 6.30. The molecule has 0 aromatic heterocycles. The van der Waals surface area contributed by atoms with E-state index in [1.54, 1.807) is 56.7 Å². The van der Waals surface area contributed by atoms with Gasteiger partial charge in [-0.15, -0.1) is 0 Å². The molecule has 2 amide bonds. The van der Waals surface area contributed by atoms with Gasteiger partial charge in [0.25, 0.3) is 5.91 Å². The van der Waals surface area contributed by atoms with E-state index in [0.29, 0.717) is 22.1 Å². The Bertz CT molecular complexity index is 795. The molecule has 0 heterocycles. The molecule has 0 unspecified atom stereocenters. The molecule has 1 atom stereocenters. The molecule has 0 saturated heterocycles. The van der Waals surface area contributed by atoms with Crippen molar-refractivity contribution in [3.8, 4) is 11.5 Å². The van der Waals surface area contributed by atoms with Gasteiger partial charge in [0.05, 0.1) is 26.8 Å². The summed E-state index contributed by atoms with van der Waals surface area (Å²) in [5.74, 6) is 0.615. The van der Waals surface area contributed by atoms with E-state index in [0.717, 1.165) is 5.56 Å². The van der Waals surface area contributed by atoms with Gasteiger partial charge in [-0.1, -0.05) is 17.7 Å². The van der Waals surface area contributed by atoms with Crippen molar-refractivity contribution < 1.29 is 19.1 Å². The van der Waals surface area contributed by atoms with Gasteiger partial charge in [0.2, 0.25) is 5.91 Å². The maximum absolute atomic E-state index is 12.2. The Morgan fingerprint density at radius 1 is 1.12 bits per heavy atom. The number of hydrogen-bond acceptors (Lipinski definition) is 4. The van der Waals surface area contributed by atoms with Crippen molar-refractivity contribution in [2.24, 2.45) is 0 Å². The van der Waals surface area contributed by atoms with Gasteiger partial charge in [-0.3, -0.25) is 9.59 Å². The summed E-state index contributed by atoms with van der Waals surface area (Å²) >= 11 is 5.86. The van der Waals surface area contributed by atoms with Crippen molar-refractivity contribution in [1.82, 2.24) is 10.6 Å². The second-order valence-corrected chi connectivity index (χ2v) is 6.03. The second-order valence-electron chi connectivity index (χ2n) is 5.59. The third-order valence-electron chi connectivity index (χ3n) is 3.78. The third-order valence-corrected chi connectivity index (χ3v) is 4.01. The zero-order valence-electron chi connectivity index (χ0n) is 14.8. The Labute approximate surface area is 157 Å². The fraction of sp³-hybridized carbons (Fsp3) is 0.263. The molecule has 138 valence electrons. The molecule has 6 nitrogen and oxygen atoms in total. The van der Waals surface area contributed by atoms with Gasteiger partial charge in [0, 0.05) is 16.1 Å². The minimum Gasteiger partial charge on any atom is -0.497 e. The molecule has 26 heavy (non-hydrogen) atoms. The summed E-state index contributed by atoms with van der Waals surface area (Å²) in [6.07, 6.45) is 0. The minimum absolute atomic E-state index is 0.151. The lowest BCUT2D eigenvalue weighted by Gasteiger charge is -2.18. The van der Waals surface area contributed by atoms with Gasteiger partial charge in [0.1, 0.15) is 11.5 Å². The first-order valence-corrected chi connectivity index (χ1v) is 8.37. The van der Waals surface area contributed by atoms with Crippen LogP contribution < -0.4 is 20.1 Å². The lowest BCUT2D eigenvalue weighted by molar-refractivity contribution is -0.120. The lowest BCUT2D eigenvalue weighted by atomic mass is 10.1. The minimum atomic E-state index is -0.366. The Morgan fingerprint density at radius 3 is 2.54 bits per heavy atom. The number of carbonyl (C=O) groups is 2. The average molecular weight is 377 g/mol. The van der Waals surface area contributed by atoms with Crippen LogP contribution in [0.15, 0.2) is 42.5 Å². The van der Waals surface area contributed by atoms with Crippen LogP contribution in [0.2, 0.25) is 5.02 Å². The van der Waals surface area contributed by atoms with E-state index in [4.69, 9.17) is 21.1 Å². The van der Waals surface area contributed by atoms with Crippen LogP contribution in [0.3, 0.4) is 0 Å². The average Bonchev–Trinajstić information content (AvgIpc) is 2.65. The van der Waals surface area contributed by atoms with Gasteiger partial charge in [-0.25, -0.2) is 0 Å². The van der Waals surface area contributed by atoms with E-state index < -0.39 is 0 Å². The lowest BCUT2D eigenvalue weighted by Crippen LogP contribution is -2.38. The van der Waals surface area contributed by atoms with E-state index in [1.165, 1.54) is 0 Å². The SMILES string of the molecule is COc1ccc(OC)c([C@H](C)NC(=O)CNC(=O)c2cccc(Cl)c2)c1. The number of ether oxygens (including phenoxy) is 2. The quantitative estimate of drug-likeness (QED) is 0.778. The van der Waals surface area contributed by atoms with Gasteiger partial charge in [0.15, 0.2) is 0 Å². The summed E-state index contributed by atoms with van der Waals surface area (Å²) in [7, 11) is 3.13. The van der Waals surface area contributed by atoms with E-state index >= 15 is 0 Å². The Balaban J connectivity index is 1.96. The summed E-state index contributed by atoms with van der Waals surface area (Å²) in [4.78, 5) is 24.2. The first-order valence-electron chi connectivity index (χ1n) is 7.99. The molecule has 0 aliphatic rings. The van der Waals surface area contributed by atoms with Gasteiger partial charge < -0.3 is 20.1 Å². The summed E-state index contributed by atoms with van der Waals surface area (Å²) < 4.78 is 10.5. The number of methoxy groups -OCH3 is 2. The zero-order valence-corrected chi connectivity index (χ0v) is 15.6. The monoisotopic (exact) mass is 376 g/mol. The normalized spacial score (nSPS) is 11.4. The number of halogens is 1. The maximum Gasteiger partial charge on any atom is 0.251 e. The number of hydrogen-bond donors (Lipinski definition) is 2. The van der Waals surface area contributed by atoms with Crippen molar-refractivity contribution in [1.29, 1.82) is 0 Å². The first kappa shape index (κ1) is 19.6. The smallest absolute Gasteiger partial charge is 0.251 e. The van der Waals surface area contributed by atoms with Crippen molar-refractivity contribution in [3.05, 3.63) is 58.6 Å². The van der Waals surface area contributed by atoms with Crippen LogP contribution in [0.4, 0.5) is 0 Å². The summed E-state index contributed by atoms with van der Waals surface area (Å²) in [6.45, 7) is 1.68. The largest absolute Gasteiger partial charge is 0.497 e. The molecule has 0 saturated carbocycles. The number of rotatable bonds is 7. The van der Waals surface area contributed by atoms with Crippen LogP contribution in [0.1, 0.15) is 28.9 Å². The highest BCUT2D eigenvalue weighted by Crippen LogP contribution is 2.29. The molecule has 7 heteroatoms. The van der Waals surface area contributed by atoms with Crippen molar-refractivity contribution in [2.75, 3.05) is 20.8 Å². The zero-order chi connectivity index (χ0) is 19.1. The summed E-state index contributed by atoms with van der Waals surface area (Å²) in [5.41, 5.74) is 1.18. The topological polar surface area (TPSA) is 76.7 Å². The van der Waals surface area contributed by atoms with E-state index in [9.17, 15) is 9.59 Å². The van der Waals surface area contributed by atoms with Crippen molar-refractivity contribution >= 4 is 23.4 Å². The summed E-state index contributed by atoms with van der Waals surface area (Å²) in [5, 5.41) is 5.85. The van der Waals surface area contributed by atoms with Gasteiger partial charge >= 0.3 is 0 Å². The fourth-order valence-electron chi connectivity index (χ4n) is 2.44. The van der Waals surface area contributed by atoms with Crippen molar-refractivity contribution in [2.45, 2.75) is 13.0 Å². The summed E-state index contributed by atoms with van der Waals surface area (Å²) in [6, 6.07) is 11.5. The molecular weight excluding hydrogens is 356 g/mol. The molecule has 2 aromatic rings. The van der Waals surface area contributed by atoms with Crippen LogP contribution in [0.25, 0.3) is 0 Å². The molecule has 2 aromatic carbocycles. The van der Waals surface area contributed by atoms with Crippen LogP contribution in [0.5, 0.6) is 11.5 Å². The van der Waals surface area contributed by atoms with E-state index in [-0.39, 0.29) is 24.4 Å². The highest BCUT2D eigenvalue weighted by Gasteiger charge is 2.16. The number of nitrogens with one attached hydrogen (secondary N) is 2. The number of carbonyl (C=O) groups excluding carboxylic acids is 2.